The second kappa shape index (κ2) is 7.89. The van der Waals surface area contributed by atoms with Gasteiger partial charge in [0.15, 0.2) is 0 Å². The monoisotopic (exact) mass is 420 g/mol. The molecular formula is C19H18ClFN4O2S. The molecule has 4 rings (SSSR count). The zero-order valence-electron chi connectivity index (χ0n) is 14.9. The molecule has 0 aliphatic carbocycles. The molecule has 2 aromatic heterocycles. The van der Waals surface area contributed by atoms with Crippen LogP contribution in [0.2, 0.25) is 4.34 Å². The number of thiophene rings is 1. The summed E-state index contributed by atoms with van der Waals surface area (Å²) in [5.74, 6) is -0.107. The zero-order chi connectivity index (χ0) is 19.7. The van der Waals surface area contributed by atoms with Crippen molar-refractivity contribution in [1.29, 1.82) is 0 Å². The van der Waals surface area contributed by atoms with Gasteiger partial charge in [0, 0.05) is 19.6 Å². The Kier molecular flexibility index (Phi) is 5.32. The first kappa shape index (κ1) is 18.9. The van der Waals surface area contributed by atoms with E-state index in [4.69, 9.17) is 11.6 Å². The predicted octanol–water partition coefficient (Wildman–Crippen LogP) is 4.40. The number of aromatic nitrogens is 2. The summed E-state index contributed by atoms with van der Waals surface area (Å²) < 4.78 is 13.7. The van der Waals surface area contributed by atoms with Gasteiger partial charge in [-0.3, -0.25) is 4.79 Å². The highest BCUT2D eigenvalue weighted by atomic mass is 35.5. The summed E-state index contributed by atoms with van der Waals surface area (Å²) in [5, 5.41) is 13.3. The summed E-state index contributed by atoms with van der Waals surface area (Å²) in [4.78, 5) is 23.3. The first-order valence-corrected chi connectivity index (χ1v) is 10.1. The van der Waals surface area contributed by atoms with Crippen LogP contribution in [0.1, 0.15) is 18.4 Å². The summed E-state index contributed by atoms with van der Waals surface area (Å²) in [6, 6.07) is 8.12. The van der Waals surface area contributed by atoms with Crippen molar-refractivity contribution in [2.24, 2.45) is 5.92 Å². The number of aliphatic carboxylic acids is 1. The Morgan fingerprint density at radius 1 is 1.29 bits per heavy atom. The van der Waals surface area contributed by atoms with Gasteiger partial charge in [-0.05, 0) is 36.6 Å². The van der Waals surface area contributed by atoms with E-state index in [1.54, 1.807) is 12.1 Å². The molecule has 1 saturated heterocycles. The number of nitrogens with zero attached hydrogens (tertiary/aromatic N) is 3. The highest BCUT2D eigenvalue weighted by molar-refractivity contribution is 7.22. The molecule has 9 heteroatoms. The number of carboxylic acids is 1. The highest BCUT2D eigenvalue weighted by Gasteiger charge is 2.26. The number of anilines is 2. The summed E-state index contributed by atoms with van der Waals surface area (Å²) in [6.07, 6.45) is 1.14. The lowest BCUT2D eigenvalue weighted by molar-refractivity contribution is -0.142. The van der Waals surface area contributed by atoms with Crippen molar-refractivity contribution < 1.29 is 14.3 Å². The van der Waals surface area contributed by atoms with Gasteiger partial charge >= 0.3 is 5.97 Å². The van der Waals surface area contributed by atoms with Gasteiger partial charge < -0.3 is 15.3 Å². The fourth-order valence-electron chi connectivity index (χ4n) is 3.27. The van der Waals surface area contributed by atoms with Crippen LogP contribution in [0.4, 0.5) is 16.2 Å². The fourth-order valence-corrected chi connectivity index (χ4v) is 4.35. The molecule has 6 nitrogen and oxygen atoms in total. The average Bonchev–Trinajstić information content (AvgIpc) is 3.07. The van der Waals surface area contributed by atoms with Gasteiger partial charge in [-0.25, -0.2) is 9.37 Å². The van der Waals surface area contributed by atoms with Gasteiger partial charge in [-0.15, -0.1) is 11.3 Å². The van der Waals surface area contributed by atoms with Crippen LogP contribution in [0.25, 0.3) is 10.2 Å². The third-order valence-corrected chi connectivity index (χ3v) is 6.01. The van der Waals surface area contributed by atoms with Crippen molar-refractivity contribution in [1.82, 2.24) is 9.97 Å². The molecule has 1 aromatic carbocycles. The van der Waals surface area contributed by atoms with Crippen LogP contribution in [-0.2, 0) is 11.3 Å². The van der Waals surface area contributed by atoms with Crippen LogP contribution < -0.4 is 10.2 Å². The first-order chi connectivity index (χ1) is 13.5. The Hall–Kier alpha value is -2.45. The molecule has 1 aliphatic heterocycles. The molecule has 0 spiro atoms. The van der Waals surface area contributed by atoms with E-state index in [2.05, 4.69) is 15.3 Å². The van der Waals surface area contributed by atoms with Crippen LogP contribution in [0.15, 0.2) is 30.3 Å². The second-order valence-corrected chi connectivity index (χ2v) is 8.38. The number of piperidine rings is 1. The van der Waals surface area contributed by atoms with Gasteiger partial charge in [0.25, 0.3) is 0 Å². The maximum atomic E-state index is 13.1. The smallest absolute Gasteiger partial charge is 0.306 e. The summed E-state index contributed by atoms with van der Waals surface area (Å²) >= 11 is 7.56. The van der Waals surface area contributed by atoms with E-state index < -0.39 is 5.97 Å². The zero-order valence-corrected chi connectivity index (χ0v) is 16.4. The SMILES string of the molecule is O=C(O)C1CCN(c2nc(NCc3ccc(F)cc3)c3cc(Cl)sc3n2)CC1. The third-order valence-electron chi connectivity index (χ3n) is 4.85. The molecular weight excluding hydrogens is 403 g/mol. The van der Waals surface area contributed by atoms with Crippen molar-refractivity contribution in [3.05, 3.63) is 46.0 Å². The van der Waals surface area contributed by atoms with Crippen LogP contribution in [-0.4, -0.2) is 34.1 Å². The van der Waals surface area contributed by atoms with Crippen LogP contribution in [0.5, 0.6) is 0 Å². The van der Waals surface area contributed by atoms with Crippen LogP contribution in [0.3, 0.4) is 0 Å². The minimum Gasteiger partial charge on any atom is -0.481 e. The number of hydrogen-bond donors (Lipinski definition) is 2. The summed E-state index contributed by atoms with van der Waals surface area (Å²) in [6.45, 7) is 1.68. The molecule has 2 N–H and O–H groups in total. The Balaban J connectivity index is 1.58. The average molecular weight is 421 g/mol. The minimum absolute atomic E-state index is 0.273. The summed E-state index contributed by atoms with van der Waals surface area (Å²) in [7, 11) is 0. The van der Waals surface area contributed by atoms with Crippen molar-refractivity contribution >= 4 is 50.9 Å². The highest BCUT2D eigenvalue weighted by Crippen LogP contribution is 2.34. The topological polar surface area (TPSA) is 78.3 Å². The molecule has 1 aliphatic rings. The van der Waals surface area contributed by atoms with Gasteiger partial charge in [0.1, 0.15) is 16.5 Å². The molecule has 0 atom stereocenters. The number of benzene rings is 1. The third kappa shape index (κ3) is 4.02. The van der Waals surface area contributed by atoms with Gasteiger partial charge in [0.05, 0.1) is 15.6 Å². The van der Waals surface area contributed by atoms with Crippen LogP contribution >= 0.6 is 22.9 Å². The van der Waals surface area contributed by atoms with Gasteiger partial charge in [-0.1, -0.05) is 23.7 Å². The molecule has 0 amide bonds. The number of hydrogen-bond acceptors (Lipinski definition) is 6. The Morgan fingerprint density at radius 2 is 2.00 bits per heavy atom. The molecule has 0 radical (unpaired) electrons. The quantitative estimate of drug-likeness (QED) is 0.637. The van der Waals surface area contributed by atoms with Crippen LogP contribution in [0, 0.1) is 11.7 Å². The molecule has 3 heterocycles. The van der Waals surface area contributed by atoms with E-state index in [0.29, 0.717) is 48.6 Å². The van der Waals surface area contributed by atoms with Crippen molar-refractivity contribution in [2.75, 3.05) is 23.3 Å². The van der Waals surface area contributed by atoms with E-state index in [9.17, 15) is 14.3 Å². The first-order valence-electron chi connectivity index (χ1n) is 8.93. The fraction of sp³-hybridized carbons (Fsp3) is 0.316. The molecule has 0 bridgehead atoms. The Bertz CT molecular complexity index is 1000. The maximum Gasteiger partial charge on any atom is 0.306 e. The van der Waals surface area contributed by atoms with Gasteiger partial charge in [-0.2, -0.15) is 4.98 Å². The van der Waals surface area contributed by atoms with Crippen molar-refractivity contribution in [3.8, 4) is 0 Å². The molecule has 0 unspecified atom stereocenters. The molecule has 0 saturated carbocycles. The predicted molar refractivity (Wildman–Crippen MR) is 109 cm³/mol. The Labute approximate surface area is 170 Å². The lowest BCUT2D eigenvalue weighted by Crippen LogP contribution is -2.37. The number of nitrogens with one attached hydrogen (secondary N) is 1. The van der Waals surface area contributed by atoms with E-state index in [1.165, 1.54) is 23.5 Å². The molecule has 146 valence electrons. The molecule has 1 fully saturated rings. The summed E-state index contributed by atoms with van der Waals surface area (Å²) in [5.41, 5.74) is 0.929. The number of fused-ring (bicyclic) bond motifs is 1. The van der Waals surface area contributed by atoms with Crippen molar-refractivity contribution in [3.63, 3.8) is 0 Å². The lowest BCUT2D eigenvalue weighted by Gasteiger charge is -2.30. The number of halogens is 2. The number of rotatable bonds is 5. The number of carboxylic acid groups (broad SMARTS) is 1. The van der Waals surface area contributed by atoms with E-state index in [0.717, 1.165) is 15.8 Å². The normalized spacial score (nSPS) is 15.1. The Morgan fingerprint density at radius 3 is 2.68 bits per heavy atom. The lowest BCUT2D eigenvalue weighted by atomic mass is 9.97. The maximum absolute atomic E-state index is 13.1. The molecule has 28 heavy (non-hydrogen) atoms. The standard InChI is InChI=1S/C19H18ClFN4O2S/c20-15-9-14-16(22-10-11-1-3-13(21)4-2-11)23-19(24-17(14)28-15)25-7-5-12(6-8-25)18(26)27/h1-4,9,12H,5-8,10H2,(H,26,27)(H,22,23,24). The number of carbonyl (C=O) groups is 1. The van der Waals surface area contributed by atoms with E-state index in [1.807, 2.05) is 11.0 Å². The van der Waals surface area contributed by atoms with E-state index in [-0.39, 0.29) is 11.7 Å². The van der Waals surface area contributed by atoms with E-state index >= 15 is 0 Å². The van der Waals surface area contributed by atoms with Crippen molar-refractivity contribution in [2.45, 2.75) is 19.4 Å². The van der Waals surface area contributed by atoms with Gasteiger partial charge in [0.2, 0.25) is 5.95 Å². The molecule has 3 aromatic rings. The second-order valence-electron chi connectivity index (χ2n) is 6.72. The minimum atomic E-state index is -0.747. The largest absolute Gasteiger partial charge is 0.481 e.